The average Bonchev–Trinajstić information content (AvgIpc) is 3.09. The number of hydrogen-bond acceptors (Lipinski definition) is 6. The van der Waals surface area contributed by atoms with Crippen molar-refractivity contribution in [2.75, 3.05) is 46.8 Å². The van der Waals surface area contributed by atoms with Crippen LogP contribution in [0.25, 0.3) is 11.0 Å². The molecule has 26 heavy (non-hydrogen) atoms. The summed E-state index contributed by atoms with van der Waals surface area (Å²) in [6.45, 7) is 7.98. The van der Waals surface area contributed by atoms with Crippen LogP contribution in [-0.2, 0) is 6.54 Å². The van der Waals surface area contributed by atoms with Crippen LogP contribution < -0.4 is 5.32 Å². The van der Waals surface area contributed by atoms with Crippen molar-refractivity contribution in [3.63, 3.8) is 0 Å². The molecule has 1 aliphatic heterocycles. The molecule has 0 saturated carbocycles. The normalized spacial score (nSPS) is 17.3. The Labute approximate surface area is 159 Å². The number of nitrogens with zero attached hydrogens (tertiary/aromatic N) is 5. The minimum atomic E-state index is -0.0351. The Morgan fingerprint density at radius 2 is 2.00 bits per heavy atom. The van der Waals surface area contributed by atoms with Gasteiger partial charge in [0.1, 0.15) is 11.0 Å². The van der Waals surface area contributed by atoms with Crippen LogP contribution in [0, 0.1) is 0 Å². The summed E-state index contributed by atoms with van der Waals surface area (Å²) < 4.78 is 8.46. The number of piperazine rings is 1. The zero-order chi connectivity index (χ0) is 18.5. The number of fused-ring (bicyclic) bond motifs is 1. The van der Waals surface area contributed by atoms with E-state index in [4.69, 9.17) is 0 Å². The Morgan fingerprint density at radius 1 is 1.27 bits per heavy atom. The van der Waals surface area contributed by atoms with Crippen molar-refractivity contribution < 1.29 is 4.79 Å². The van der Waals surface area contributed by atoms with Crippen LogP contribution in [0.4, 0.5) is 4.79 Å². The van der Waals surface area contributed by atoms with Crippen molar-refractivity contribution in [1.82, 2.24) is 28.8 Å². The summed E-state index contributed by atoms with van der Waals surface area (Å²) in [6.07, 6.45) is 0.972. The Balaban J connectivity index is 1.41. The number of urea groups is 1. The van der Waals surface area contributed by atoms with Gasteiger partial charge >= 0.3 is 6.03 Å². The van der Waals surface area contributed by atoms with Gasteiger partial charge in [0.2, 0.25) is 0 Å². The number of aromatic nitrogens is 2. The third-order valence-electron chi connectivity index (χ3n) is 5.08. The topological polar surface area (TPSA) is 64.6 Å². The minimum absolute atomic E-state index is 0.0351. The summed E-state index contributed by atoms with van der Waals surface area (Å²) in [5.74, 6) is 0. The monoisotopic (exact) mass is 376 g/mol. The van der Waals surface area contributed by atoms with Crippen LogP contribution in [-0.4, -0.2) is 82.3 Å². The zero-order valence-corrected chi connectivity index (χ0v) is 16.6. The van der Waals surface area contributed by atoms with Crippen molar-refractivity contribution >= 4 is 28.8 Å². The molecule has 142 valence electrons. The second-order valence-corrected chi connectivity index (χ2v) is 7.68. The van der Waals surface area contributed by atoms with Gasteiger partial charge in [-0.15, -0.1) is 0 Å². The molecule has 0 radical (unpaired) electrons. The van der Waals surface area contributed by atoms with E-state index in [1.54, 1.807) is 4.90 Å². The summed E-state index contributed by atoms with van der Waals surface area (Å²) in [5.41, 5.74) is 2.86. The summed E-state index contributed by atoms with van der Waals surface area (Å²) in [7, 11) is 3.99. The van der Waals surface area contributed by atoms with Gasteiger partial charge in [-0.05, 0) is 38.1 Å². The number of likely N-dealkylation sites (N-methyl/N-ethyl adjacent to an activating group) is 1. The molecular weight excluding hydrogens is 348 g/mol. The Morgan fingerprint density at radius 3 is 2.77 bits per heavy atom. The SMILES string of the molecule is C[C@@H](CCNC(=O)N(C)Cc1ccc2nsnc2c1)N1CCN(C)CC1. The molecule has 1 aliphatic rings. The van der Waals surface area contributed by atoms with Gasteiger partial charge in [-0.25, -0.2) is 4.79 Å². The number of nitrogens with one attached hydrogen (secondary N) is 1. The molecule has 1 atom stereocenters. The van der Waals surface area contributed by atoms with Gasteiger partial charge in [-0.3, -0.25) is 4.90 Å². The highest BCUT2D eigenvalue weighted by Crippen LogP contribution is 2.14. The molecule has 0 spiro atoms. The fraction of sp³-hybridized carbons (Fsp3) is 0.611. The molecule has 2 heterocycles. The van der Waals surface area contributed by atoms with Crippen molar-refractivity contribution in [2.45, 2.75) is 25.9 Å². The first-order valence-electron chi connectivity index (χ1n) is 9.15. The minimum Gasteiger partial charge on any atom is -0.338 e. The predicted octanol–water partition coefficient (Wildman–Crippen LogP) is 1.86. The van der Waals surface area contributed by atoms with Gasteiger partial charge in [0.25, 0.3) is 0 Å². The van der Waals surface area contributed by atoms with E-state index in [-0.39, 0.29) is 6.03 Å². The lowest BCUT2D eigenvalue weighted by molar-refractivity contribution is 0.114. The van der Waals surface area contributed by atoms with Crippen molar-refractivity contribution in [3.05, 3.63) is 23.8 Å². The maximum absolute atomic E-state index is 12.3. The fourth-order valence-corrected chi connectivity index (χ4v) is 3.76. The van der Waals surface area contributed by atoms with Gasteiger partial charge in [-0.1, -0.05) is 6.07 Å². The summed E-state index contributed by atoms with van der Waals surface area (Å²) in [6, 6.07) is 6.42. The number of rotatable bonds is 6. The summed E-state index contributed by atoms with van der Waals surface area (Å²) >= 11 is 1.21. The lowest BCUT2D eigenvalue weighted by Crippen LogP contribution is -2.49. The summed E-state index contributed by atoms with van der Waals surface area (Å²) in [4.78, 5) is 18.9. The van der Waals surface area contributed by atoms with Gasteiger partial charge in [0, 0.05) is 52.4 Å². The van der Waals surface area contributed by atoms with Crippen molar-refractivity contribution in [2.24, 2.45) is 0 Å². The third kappa shape index (κ3) is 4.90. The highest BCUT2D eigenvalue weighted by Gasteiger charge is 2.19. The molecule has 1 aromatic carbocycles. The van der Waals surface area contributed by atoms with E-state index in [0.29, 0.717) is 19.1 Å². The van der Waals surface area contributed by atoms with Crippen LogP contribution in [0.15, 0.2) is 18.2 Å². The van der Waals surface area contributed by atoms with Gasteiger partial charge in [0.15, 0.2) is 0 Å². The summed E-state index contributed by atoms with van der Waals surface area (Å²) in [5, 5.41) is 3.04. The molecule has 2 amide bonds. The van der Waals surface area contributed by atoms with Gasteiger partial charge in [0.05, 0.1) is 11.7 Å². The highest BCUT2D eigenvalue weighted by molar-refractivity contribution is 7.00. The first kappa shape index (κ1) is 19.0. The highest BCUT2D eigenvalue weighted by atomic mass is 32.1. The molecule has 1 fully saturated rings. The molecule has 3 rings (SSSR count). The van der Waals surface area contributed by atoms with E-state index in [1.807, 2.05) is 25.2 Å². The molecular formula is C18H28N6OS. The van der Waals surface area contributed by atoms with Crippen LogP contribution in [0.2, 0.25) is 0 Å². The first-order valence-corrected chi connectivity index (χ1v) is 9.88. The average molecular weight is 377 g/mol. The Bertz CT molecular complexity index is 727. The van der Waals surface area contributed by atoms with E-state index in [0.717, 1.165) is 49.2 Å². The Kier molecular flexibility index (Phi) is 6.39. The molecule has 1 saturated heterocycles. The van der Waals surface area contributed by atoms with E-state index in [2.05, 4.69) is 37.8 Å². The fourth-order valence-electron chi connectivity index (χ4n) is 3.24. The number of amides is 2. The number of carbonyl (C=O) groups is 1. The lowest BCUT2D eigenvalue weighted by atomic mass is 10.1. The van der Waals surface area contributed by atoms with Gasteiger partial charge in [-0.2, -0.15) is 8.75 Å². The predicted molar refractivity (Wildman–Crippen MR) is 105 cm³/mol. The maximum atomic E-state index is 12.3. The van der Waals surface area contributed by atoms with E-state index in [9.17, 15) is 4.79 Å². The number of hydrogen-bond donors (Lipinski definition) is 1. The molecule has 0 unspecified atom stereocenters. The molecule has 0 bridgehead atoms. The smallest absolute Gasteiger partial charge is 0.317 e. The van der Waals surface area contributed by atoms with E-state index >= 15 is 0 Å². The third-order valence-corrected chi connectivity index (χ3v) is 5.64. The van der Waals surface area contributed by atoms with Crippen LogP contribution in [0.5, 0.6) is 0 Å². The quantitative estimate of drug-likeness (QED) is 0.834. The van der Waals surface area contributed by atoms with Gasteiger partial charge < -0.3 is 15.1 Å². The standard InChI is InChI=1S/C18H28N6OS/c1-14(24-10-8-22(2)9-11-24)6-7-19-18(25)23(3)13-15-4-5-16-17(12-15)21-26-20-16/h4-5,12,14H,6-11,13H2,1-3H3,(H,19,25)/t14-/m0/s1. The largest absolute Gasteiger partial charge is 0.338 e. The molecule has 7 nitrogen and oxygen atoms in total. The van der Waals surface area contributed by atoms with Crippen molar-refractivity contribution in [3.8, 4) is 0 Å². The van der Waals surface area contributed by atoms with Crippen LogP contribution in [0.1, 0.15) is 18.9 Å². The molecule has 0 aliphatic carbocycles. The van der Waals surface area contributed by atoms with E-state index in [1.165, 1.54) is 11.7 Å². The zero-order valence-electron chi connectivity index (χ0n) is 15.8. The van der Waals surface area contributed by atoms with Crippen LogP contribution >= 0.6 is 11.7 Å². The second-order valence-electron chi connectivity index (χ2n) is 7.15. The van der Waals surface area contributed by atoms with Crippen molar-refractivity contribution in [1.29, 1.82) is 0 Å². The maximum Gasteiger partial charge on any atom is 0.317 e. The number of carbonyl (C=O) groups excluding carboxylic acids is 1. The lowest BCUT2D eigenvalue weighted by Gasteiger charge is -2.36. The molecule has 1 N–H and O–H groups in total. The van der Waals surface area contributed by atoms with Crippen LogP contribution in [0.3, 0.4) is 0 Å². The molecule has 8 heteroatoms. The van der Waals surface area contributed by atoms with E-state index < -0.39 is 0 Å². The Hall–Kier alpha value is -1.77. The molecule has 1 aromatic heterocycles. The first-order chi connectivity index (χ1) is 12.5. The second kappa shape index (κ2) is 8.75. The molecule has 2 aromatic rings. The number of benzene rings is 1.